The fraction of sp³-hybridized carbons (Fsp3) is 0.833. The fourth-order valence-electron chi connectivity index (χ4n) is 2.49. The SMILES string of the molecule is CCn1ncnc1CNC1(C)CCCCC1. The molecule has 1 saturated carbocycles. The van der Waals surface area contributed by atoms with Gasteiger partial charge in [0.2, 0.25) is 0 Å². The van der Waals surface area contributed by atoms with E-state index in [2.05, 4.69) is 29.2 Å². The first kappa shape index (κ1) is 11.6. The van der Waals surface area contributed by atoms with E-state index in [1.165, 1.54) is 32.1 Å². The summed E-state index contributed by atoms with van der Waals surface area (Å²) in [6.07, 6.45) is 8.31. The Kier molecular flexibility index (Phi) is 3.59. The highest BCUT2D eigenvalue weighted by Gasteiger charge is 2.26. The van der Waals surface area contributed by atoms with Gasteiger partial charge in [-0.1, -0.05) is 19.3 Å². The van der Waals surface area contributed by atoms with Crippen LogP contribution in [-0.4, -0.2) is 20.3 Å². The molecule has 1 aliphatic carbocycles. The van der Waals surface area contributed by atoms with Gasteiger partial charge in [0.15, 0.2) is 0 Å². The number of aryl methyl sites for hydroxylation is 1. The van der Waals surface area contributed by atoms with Crippen molar-refractivity contribution in [1.82, 2.24) is 20.1 Å². The molecule has 0 atom stereocenters. The lowest BCUT2D eigenvalue weighted by Gasteiger charge is -2.34. The van der Waals surface area contributed by atoms with Gasteiger partial charge in [0.25, 0.3) is 0 Å². The smallest absolute Gasteiger partial charge is 0.140 e. The van der Waals surface area contributed by atoms with Crippen LogP contribution in [0.25, 0.3) is 0 Å². The van der Waals surface area contributed by atoms with Crippen molar-refractivity contribution in [2.24, 2.45) is 0 Å². The quantitative estimate of drug-likeness (QED) is 0.848. The molecule has 1 aliphatic rings. The van der Waals surface area contributed by atoms with Gasteiger partial charge in [-0.05, 0) is 26.7 Å². The Morgan fingerprint density at radius 3 is 2.81 bits per heavy atom. The minimum atomic E-state index is 0.308. The molecule has 0 radical (unpaired) electrons. The molecule has 1 fully saturated rings. The van der Waals surface area contributed by atoms with Gasteiger partial charge in [0.05, 0.1) is 6.54 Å². The molecule has 1 heterocycles. The molecule has 0 amide bonds. The monoisotopic (exact) mass is 222 g/mol. The molecule has 0 unspecified atom stereocenters. The third kappa shape index (κ3) is 2.61. The molecule has 0 aromatic carbocycles. The highest BCUT2D eigenvalue weighted by molar-refractivity contribution is 4.91. The largest absolute Gasteiger partial charge is 0.305 e. The van der Waals surface area contributed by atoms with Gasteiger partial charge in [-0.25, -0.2) is 9.67 Å². The van der Waals surface area contributed by atoms with Gasteiger partial charge in [0.1, 0.15) is 12.2 Å². The van der Waals surface area contributed by atoms with Crippen LogP contribution in [0.5, 0.6) is 0 Å². The Labute approximate surface area is 97.5 Å². The van der Waals surface area contributed by atoms with Crippen LogP contribution in [0.1, 0.15) is 51.8 Å². The van der Waals surface area contributed by atoms with Gasteiger partial charge in [-0.15, -0.1) is 0 Å². The fourth-order valence-corrected chi connectivity index (χ4v) is 2.49. The van der Waals surface area contributed by atoms with Crippen molar-refractivity contribution in [2.75, 3.05) is 0 Å². The van der Waals surface area contributed by atoms with Gasteiger partial charge >= 0.3 is 0 Å². The molecule has 2 rings (SSSR count). The summed E-state index contributed by atoms with van der Waals surface area (Å²) in [5.41, 5.74) is 0.308. The molecule has 16 heavy (non-hydrogen) atoms. The van der Waals surface area contributed by atoms with Crippen LogP contribution >= 0.6 is 0 Å². The van der Waals surface area contributed by atoms with E-state index in [0.29, 0.717) is 5.54 Å². The second kappa shape index (κ2) is 4.95. The summed E-state index contributed by atoms with van der Waals surface area (Å²) in [4.78, 5) is 4.29. The Bertz CT molecular complexity index is 326. The zero-order valence-electron chi connectivity index (χ0n) is 10.4. The molecular weight excluding hydrogens is 200 g/mol. The zero-order valence-corrected chi connectivity index (χ0v) is 10.4. The van der Waals surface area contributed by atoms with E-state index in [9.17, 15) is 0 Å². The maximum absolute atomic E-state index is 4.29. The number of hydrogen-bond acceptors (Lipinski definition) is 3. The predicted octanol–water partition coefficient (Wildman–Crippen LogP) is 2.11. The normalized spacial score (nSPS) is 19.9. The minimum Gasteiger partial charge on any atom is -0.305 e. The third-order valence-electron chi connectivity index (χ3n) is 3.63. The highest BCUT2D eigenvalue weighted by Crippen LogP contribution is 2.27. The second-order valence-corrected chi connectivity index (χ2v) is 4.97. The first-order chi connectivity index (χ1) is 7.73. The number of rotatable bonds is 4. The molecule has 1 aromatic rings. The topological polar surface area (TPSA) is 42.7 Å². The van der Waals surface area contributed by atoms with Crippen LogP contribution in [0.15, 0.2) is 6.33 Å². The van der Waals surface area contributed by atoms with E-state index in [1.54, 1.807) is 6.33 Å². The Morgan fingerprint density at radius 1 is 1.38 bits per heavy atom. The molecule has 0 bridgehead atoms. The lowest BCUT2D eigenvalue weighted by molar-refractivity contribution is 0.249. The molecule has 0 saturated heterocycles. The first-order valence-electron chi connectivity index (χ1n) is 6.35. The maximum Gasteiger partial charge on any atom is 0.140 e. The van der Waals surface area contributed by atoms with E-state index < -0.39 is 0 Å². The van der Waals surface area contributed by atoms with E-state index in [-0.39, 0.29) is 0 Å². The summed E-state index contributed by atoms with van der Waals surface area (Å²) in [6, 6.07) is 0. The van der Waals surface area contributed by atoms with Crippen molar-refractivity contribution < 1.29 is 0 Å². The van der Waals surface area contributed by atoms with E-state index in [0.717, 1.165) is 18.9 Å². The molecule has 1 N–H and O–H groups in total. The standard InChI is InChI=1S/C12H22N4/c1-3-16-11(13-10-15-16)9-14-12(2)7-5-4-6-8-12/h10,14H,3-9H2,1-2H3. The minimum absolute atomic E-state index is 0.308. The van der Waals surface area contributed by atoms with Crippen molar-refractivity contribution in [2.45, 2.75) is 64.6 Å². The van der Waals surface area contributed by atoms with Gasteiger partial charge in [0, 0.05) is 12.1 Å². The zero-order chi connectivity index (χ0) is 11.4. The Balaban J connectivity index is 1.91. The first-order valence-corrected chi connectivity index (χ1v) is 6.35. The second-order valence-electron chi connectivity index (χ2n) is 4.97. The van der Waals surface area contributed by atoms with Crippen LogP contribution in [0, 0.1) is 0 Å². The average molecular weight is 222 g/mol. The predicted molar refractivity (Wildman–Crippen MR) is 64.0 cm³/mol. The van der Waals surface area contributed by atoms with Gasteiger partial charge < -0.3 is 5.32 Å². The van der Waals surface area contributed by atoms with Gasteiger partial charge in [-0.3, -0.25) is 0 Å². The van der Waals surface area contributed by atoms with Crippen molar-refractivity contribution in [3.63, 3.8) is 0 Å². The molecule has 4 heteroatoms. The molecule has 90 valence electrons. The van der Waals surface area contributed by atoms with E-state index in [4.69, 9.17) is 0 Å². The molecule has 0 aliphatic heterocycles. The van der Waals surface area contributed by atoms with Gasteiger partial charge in [-0.2, -0.15) is 5.10 Å². The van der Waals surface area contributed by atoms with Crippen molar-refractivity contribution in [3.8, 4) is 0 Å². The van der Waals surface area contributed by atoms with E-state index >= 15 is 0 Å². The molecular formula is C12H22N4. The number of aromatic nitrogens is 3. The van der Waals surface area contributed by atoms with Crippen LogP contribution in [0.4, 0.5) is 0 Å². The summed E-state index contributed by atoms with van der Waals surface area (Å²) < 4.78 is 1.96. The Morgan fingerprint density at radius 2 is 2.12 bits per heavy atom. The van der Waals surface area contributed by atoms with Crippen molar-refractivity contribution in [1.29, 1.82) is 0 Å². The molecule has 0 spiro atoms. The average Bonchev–Trinajstić information content (AvgIpc) is 2.75. The summed E-state index contributed by atoms with van der Waals surface area (Å²) in [5.74, 6) is 1.05. The highest BCUT2D eigenvalue weighted by atomic mass is 15.3. The van der Waals surface area contributed by atoms with E-state index in [1.807, 2.05) is 4.68 Å². The van der Waals surface area contributed by atoms with Crippen LogP contribution < -0.4 is 5.32 Å². The molecule has 4 nitrogen and oxygen atoms in total. The summed E-state index contributed by atoms with van der Waals surface area (Å²) in [7, 11) is 0. The molecule has 1 aromatic heterocycles. The third-order valence-corrected chi connectivity index (χ3v) is 3.63. The summed E-state index contributed by atoms with van der Waals surface area (Å²) in [6.45, 7) is 6.16. The lowest BCUT2D eigenvalue weighted by atomic mass is 9.83. The van der Waals surface area contributed by atoms with Crippen molar-refractivity contribution >= 4 is 0 Å². The van der Waals surface area contributed by atoms with Crippen molar-refractivity contribution in [3.05, 3.63) is 12.2 Å². The van der Waals surface area contributed by atoms with Crippen LogP contribution in [0.2, 0.25) is 0 Å². The summed E-state index contributed by atoms with van der Waals surface area (Å²) in [5, 5.41) is 7.84. The van der Waals surface area contributed by atoms with Crippen LogP contribution in [0.3, 0.4) is 0 Å². The maximum atomic E-state index is 4.29. The van der Waals surface area contributed by atoms with Crippen LogP contribution in [-0.2, 0) is 13.1 Å². The number of nitrogens with one attached hydrogen (secondary N) is 1. The lowest BCUT2D eigenvalue weighted by Crippen LogP contribution is -2.43. The Hall–Kier alpha value is -0.900. The number of hydrogen-bond donors (Lipinski definition) is 1. The summed E-state index contributed by atoms with van der Waals surface area (Å²) >= 11 is 0. The number of nitrogens with zero attached hydrogens (tertiary/aromatic N) is 3.